The molecule has 25 heavy (non-hydrogen) atoms. The van der Waals surface area contributed by atoms with Crippen molar-refractivity contribution in [1.82, 2.24) is 9.61 Å². The first-order chi connectivity index (χ1) is 12.1. The number of carbonyl (C=O) groups is 1. The number of nitriles is 2. The Hall–Kier alpha value is -3.14. The molecule has 3 aromatic rings. The Kier molecular flexibility index (Phi) is 4.52. The lowest BCUT2D eigenvalue weighted by Gasteiger charge is -2.04. The van der Waals surface area contributed by atoms with Crippen molar-refractivity contribution in [2.45, 2.75) is 4.90 Å². The zero-order chi connectivity index (χ0) is 18.0. The Labute approximate surface area is 150 Å². The second-order valence-corrected chi connectivity index (χ2v) is 6.59. The molecule has 0 aliphatic heterocycles. The molecule has 0 atom stereocenters. The Bertz CT molecular complexity index is 1120. The fourth-order valence-electron chi connectivity index (χ4n) is 2.25. The molecule has 9 heteroatoms. The summed E-state index contributed by atoms with van der Waals surface area (Å²) in [5.41, 5.74) is 0.726. The zero-order valence-corrected chi connectivity index (χ0v) is 14.5. The molecule has 2 N–H and O–H groups in total. The highest BCUT2D eigenvalue weighted by Crippen LogP contribution is 2.30. The summed E-state index contributed by atoms with van der Waals surface area (Å²) < 4.78 is 1.21. The number of nitrogens with one attached hydrogen (secondary N) is 2. The Morgan fingerprint density at radius 3 is 2.56 bits per heavy atom. The van der Waals surface area contributed by atoms with Gasteiger partial charge in [-0.1, -0.05) is 29.5 Å². The van der Waals surface area contributed by atoms with E-state index in [1.807, 2.05) is 12.1 Å². The van der Waals surface area contributed by atoms with Crippen LogP contribution in [0.5, 0.6) is 0 Å². The second-order valence-electron chi connectivity index (χ2n) is 4.80. The van der Waals surface area contributed by atoms with Crippen molar-refractivity contribution >= 4 is 39.0 Å². The standard InChI is InChI=1S/C16H10N6OS2/c1-24-12-10(7-17)13(19)22-15(11(12)8-18)25-16(21-22)20-14(23)9-5-3-2-4-6-9/h2-6,19H,1H3,(H,20,21,23). The van der Waals surface area contributed by atoms with Gasteiger partial charge in [-0.3, -0.25) is 15.5 Å². The van der Waals surface area contributed by atoms with E-state index < -0.39 is 0 Å². The highest BCUT2D eigenvalue weighted by Gasteiger charge is 2.20. The summed E-state index contributed by atoms with van der Waals surface area (Å²) in [6.07, 6.45) is 1.74. The predicted molar refractivity (Wildman–Crippen MR) is 94.5 cm³/mol. The van der Waals surface area contributed by atoms with E-state index in [1.54, 1.807) is 30.5 Å². The summed E-state index contributed by atoms with van der Waals surface area (Å²) in [7, 11) is 0. The van der Waals surface area contributed by atoms with Gasteiger partial charge in [0.2, 0.25) is 5.13 Å². The van der Waals surface area contributed by atoms with E-state index in [1.165, 1.54) is 16.3 Å². The van der Waals surface area contributed by atoms with E-state index in [0.717, 1.165) is 11.3 Å². The molecule has 0 aliphatic rings. The van der Waals surface area contributed by atoms with Crippen molar-refractivity contribution in [3.63, 3.8) is 0 Å². The second kappa shape index (κ2) is 6.77. The summed E-state index contributed by atoms with van der Waals surface area (Å²) in [5.74, 6) is -0.337. The van der Waals surface area contributed by atoms with Crippen molar-refractivity contribution in [1.29, 1.82) is 15.9 Å². The molecule has 0 aliphatic carbocycles. The highest BCUT2D eigenvalue weighted by molar-refractivity contribution is 7.98. The quantitative estimate of drug-likeness (QED) is 0.691. The molecule has 3 rings (SSSR count). The van der Waals surface area contributed by atoms with Gasteiger partial charge in [0.1, 0.15) is 28.1 Å². The van der Waals surface area contributed by atoms with Crippen LogP contribution in [0, 0.1) is 28.1 Å². The lowest BCUT2D eigenvalue weighted by Crippen LogP contribution is -2.20. The van der Waals surface area contributed by atoms with Crippen LogP contribution in [-0.4, -0.2) is 21.8 Å². The first-order valence-corrected chi connectivity index (χ1v) is 8.99. The van der Waals surface area contributed by atoms with Crippen LogP contribution in [0.4, 0.5) is 5.13 Å². The van der Waals surface area contributed by atoms with Crippen LogP contribution in [0.2, 0.25) is 0 Å². The van der Waals surface area contributed by atoms with Crippen molar-refractivity contribution in [3.8, 4) is 12.1 Å². The van der Waals surface area contributed by atoms with Crippen LogP contribution in [-0.2, 0) is 0 Å². The van der Waals surface area contributed by atoms with Gasteiger partial charge < -0.3 is 0 Å². The third-order valence-electron chi connectivity index (χ3n) is 3.38. The van der Waals surface area contributed by atoms with Gasteiger partial charge in [0.25, 0.3) is 5.91 Å². The van der Waals surface area contributed by atoms with Gasteiger partial charge in [0.15, 0.2) is 5.49 Å². The van der Waals surface area contributed by atoms with Gasteiger partial charge in [-0.15, -0.1) is 16.9 Å². The van der Waals surface area contributed by atoms with Gasteiger partial charge in [-0.05, 0) is 18.4 Å². The minimum atomic E-state index is -0.337. The molecule has 0 saturated heterocycles. The van der Waals surface area contributed by atoms with Gasteiger partial charge in [-0.2, -0.15) is 10.5 Å². The molecule has 0 spiro atoms. The fourth-order valence-corrected chi connectivity index (χ4v) is 3.93. The summed E-state index contributed by atoms with van der Waals surface area (Å²) >= 11 is 2.32. The molecule has 2 aromatic heterocycles. The van der Waals surface area contributed by atoms with E-state index in [4.69, 9.17) is 5.41 Å². The third kappa shape index (κ3) is 2.87. The smallest absolute Gasteiger partial charge is 0.257 e. The lowest BCUT2D eigenvalue weighted by atomic mass is 10.2. The van der Waals surface area contributed by atoms with E-state index >= 15 is 0 Å². The SMILES string of the molecule is CSc1c(C#N)c(=N)n2nc(NC(=O)c3ccccc3)sc2c1C#N. The fraction of sp³-hybridized carbons (Fsp3) is 0.0625. The lowest BCUT2D eigenvalue weighted by molar-refractivity contribution is 0.102. The highest BCUT2D eigenvalue weighted by atomic mass is 32.2. The molecule has 0 bridgehead atoms. The van der Waals surface area contributed by atoms with Gasteiger partial charge in [-0.25, -0.2) is 4.52 Å². The Morgan fingerprint density at radius 2 is 1.96 bits per heavy atom. The molecule has 7 nitrogen and oxygen atoms in total. The van der Waals surface area contributed by atoms with Gasteiger partial charge in [0.05, 0.1) is 0 Å². The minimum Gasteiger partial charge on any atom is -0.296 e. The molecule has 122 valence electrons. The number of pyridine rings is 1. The molecular formula is C16H10N6OS2. The number of rotatable bonds is 3. The minimum absolute atomic E-state index is 0.0905. The number of amides is 1. The molecule has 0 fully saturated rings. The van der Waals surface area contributed by atoms with Crippen molar-refractivity contribution in [2.24, 2.45) is 0 Å². The summed E-state index contributed by atoms with van der Waals surface area (Å²) in [6.45, 7) is 0. The molecule has 1 aromatic carbocycles. The number of benzene rings is 1. The number of carbonyl (C=O) groups excluding carboxylic acids is 1. The summed E-state index contributed by atoms with van der Waals surface area (Å²) in [6, 6.07) is 12.7. The van der Waals surface area contributed by atoms with E-state index in [-0.39, 0.29) is 27.7 Å². The van der Waals surface area contributed by atoms with Crippen LogP contribution in [0.15, 0.2) is 35.2 Å². The average Bonchev–Trinajstić information content (AvgIpc) is 3.06. The van der Waals surface area contributed by atoms with Crippen LogP contribution in [0.1, 0.15) is 21.5 Å². The average molecular weight is 366 g/mol. The number of hydrogen-bond acceptors (Lipinski definition) is 7. The Balaban J connectivity index is 2.14. The molecule has 0 radical (unpaired) electrons. The molecule has 1 amide bonds. The van der Waals surface area contributed by atoms with E-state index in [9.17, 15) is 15.3 Å². The number of fused-ring (bicyclic) bond motifs is 1. The topological polar surface area (TPSA) is 118 Å². The largest absolute Gasteiger partial charge is 0.296 e. The van der Waals surface area contributed by atoms with Crippen LogP contribution >= 0.6 is 23.1 Å². The van der Waals surface area contributed by atoms with Crippen LogP contribution < -0.4 is 10.8 Å². The maximum atomic E-state index is 12.3. The van der Waals surface area contributed by atoms with Crippen molar-refractivity contribution in [2.75, 3.05) is 11.6 Å². The molecule has 0 saturated carbocycles. The van der Waals surface area contributed by atoms with E-state index in [2.05, 4.69) is 16.5 Å². The van der Waals surface area contributed by atoms with E-state index in [0.29, 0.717) is 15.3 Å². The van der Waals surface area contributed by atoms with Gasteiger partial charge in [0, 0.05) is 10.5 Å². The first kappa shape index (κ1) is 16.7. The van der Waals surface area contributed by atoms with Crippen molar-refractivity contribution < 1.29 is 4.79 Å². The summed E-state index contributed by atoms with van der Waals surface area (Å²) in [5, 5.41) is 34.0. The molecule has 0 unspecified atom stereocenters. The first-order valence-electron chi connectivity index (χ1n) is 6.95. The molecular weight excluding hydrogens is 356 g/mol. The number of thioether (sulfide) groups is 1. The Morgan fingerprint density at radius 1 is 1.28 bits per heavy atom. The number of anilines is 1. The van der Waals surface area contributed by atoms with Crippen LogP contribution in [0.3, 0.4) is 0 Å². The number of aromatic nitrogens is 2. The molecule has 2 heterocycles. The van der Waals surface area contributed by atoms with Crippen molar-refractivity contribution in [3.05, 3.63) is 52.5 Å². The summed E-state index contributed by atoms with van der Waals surface area (Å²) in [4.78, 5) is 13.1. The van der Waals surface area contributed by atoms with Gasteiger partial charge >= 0.3 is 0 Å². The van der Waals surface area contributed by atoms with Crippen LogP contribution in [0.25, 0.3) is 4.83 Å². The zero-order valence-electron chi connectivity index (χ0n) is 12.9. The maximum Gasteiger partial charge on any atom is 0.257 e. The maximum absolute atomic E-state index is 12.3. The predicted octanol–water partition coefficient (Wildman–Crippen LogP) is 2.59. The number of hydrogen-bond donors (Lipinski definition) is 2. The third-order valence-corrected chi connectivity index (χ3v) is 5.14. The number of nitrogens with zero attached hydrogens (tertiary/aromatic N) is 4. The normalized spacial score (nSPS) is 10.2. The monoisotopic (exact) mass is 366 g/mol.